The zero-order chi connectivity index (χ0) is 24.1. The fraction of sp³-hybridized carbons (Fsp3) is 0.385. The molecule has 178 valence electrons. The van der Waals surface area contributed by atoms with Crippen LogP contribution in [0.25, 0.3) is 11.3 Å². The lowest BCUT2D eigenvalue weighted by Crippen LogP contribution is -2.52. The molecular formula is C26H31N5O2S. The van der Waals surface area contributed by atoms with Gasteiger partial charge in [-0.2, -0.15) is 0 Å². The zero-order valence-corrected chi connectivity index (χ0v) is 20.8. The lowest BCUT2D eigenvalue weighted by molar-refractivity contribution is -0.132. The lowest BCUT2D eigenvalue weighted by Gasteiger charge is -2.36. The van der Waals surface area contributed by atoms with E-state index in [0.29, 0.717) is 37.6 Å². The number of amides is 2. The standard InChI is InChI=1S/C26H31N5O2S/c1-19(2)17-31(26(33)23-5-4-16-34-23)18-25(32)30-14-12-29(13-15-30)24-11-10-22(27-28-24)21-8-6-20(3)7-9-21/h4-11,16,19H,12-15,17-18H2,1-3H3. The summed E-state index contributed by atoms with van der Waals surface area (Å²) in [5, 5.41) is 10.7. The molecule has 0 bridgehead atoms. The quantitative estimate of drug-likeness (QED) is 0.515. The first-order chi connectivity index (χ1) is 16.4. The average molecular weight is 478 g/mol. The molecule has 0 unspecified atom stereocenters. The molecule has 4 rings (SSSR count). The molecule has 0 N–H and O–H groups in total. The molecule has 1 aromatic carbocycles. The smallest absolute Gasteiger partial charge is 0.264 e. The van der Waals surface area contributed by atoms with E-state index in [1.165, 1.54) is 16.9 Å². The summed E-state index contributed by atoms with van der Waals surface area (Å²) in [7, 11) is 0. The minimum atomic E-state index is -0.0698. The normalized spacial score (nSPS) is 13.9. The maximum Gasteiger partial charge on any atom is 0.264 e. The molecular weight excluding hydrogens is 446 g/mol. The maximum atomic E-state index is 13.0. The number of thiophene rings is 1. The van der Waals surface area contributed by atoms with Gasteiger partial charge in [0.25, 0.3) is 5.91 Å². The van der Waals surface area contributed by atoms with E-state index in [-0.39, 0.29) is 24.3 Å². The van der Waals surface area contributed by atoms with E-state index in [9.17, 15) is 9.59 Å². The van der Waals surface area contributed by atoms with E-state index < -0.39 is 0 Å². The van der Waals surface area contributed by atoms with Crippen LogP contribution in [0, 0.1) is 12.8 Å². The highest BCUT2D eigenvalue weighted by atomic mass is 32.1. The molecule has 2 amide bonds. The molecule has 1 saturated heterocycles. The van der Waals surface area contributed by atoms with Gasteiger partial charge in [0.05, 0.1) is 10.6 Å². The number of aryl methyl sites for hydroxylation is 1. The fourth-order valence-electron chi connectivity index (χ4n) is 4.04. The van der Waals surface area contributed by atoms with Crippen LogP contribution in [0.2, 0.25) is 0 Å². The molecule has 3 heterocycles. The number of hydrogen-bond donors (Lipinski definition) is 0. The number of carbonyl (C=O) groups is 2. The number of rotatable bonds is 7. The molecule has 7 nitrogen and oxygen atoms in total. The number of aromatic nitrogens is 2. The third-order valence-electron chi connectivity index (χ3n) is 5.88. The Morgan fingerprint density at radius 3 is 2.32 bits per heavy atom. The second kappa shape index (κ2) is 10.8. The number of anilines is 1. The molecule has 3 aromatic rings. The Morgan fingerprint density at radius 1 is 1.00 bits per heavy atom. The van der Waals surface area contributed by atoms with Gasteiger partial charge in [0.15, 0.2) is 5.82 Å². The van der Waals surface area contributed by atoms with Gasteiger partial charge < -0.3 is 14.7 Å². The summed E-state index contributed by atoms with van der Waals surface area (Å²) in [6.07, 6.45) is 0. The van der Waals surface area contributed by atoms with Crippen LogP contribution in [0.3, 0.4) is 0 Å². The van der Waals surface area contributed by atoms with Gasteiger partial charge in [0.2, 0.25) is 5.91 Å². The first-order valence-electron chi connectivity index (χ1n) is 11.7. The van der Waals surface area contributed by atoms with E-state index in [2.05, 4.69) is 60.1 Å². The van der Waals surface area contributed by atoms with Crippen molar-refractivity contribution in [2.45, 2.75) is 20.8 Å². The van der Waals surface area contributed by atoms with Crippen molar-refractivity contribution < 1.29 is 9.59 Å². The van der Waals surface area contributed by atoms with Crippen molar-refractivity contribution in [3.8, 4) is 11.3 Å². The van der Waals surface area contributed by atoms with Crippen molar-refractivity contribution in [1.29, 1.82) is 0 Å². The van der Waals surface area contributed by atoms with E-state index in [4.69, 9.17) is 0 Å². The summed E-state index contributed by atoms with van der Waals surface area (Å²) >= 11 is 1.41. The first-order valence-corrected chi connectivity index (χ1v) is 12.5. The van der Waals surface area contributed by atoms with Crippen LogP contribution in [0.1, 0.15) is 29.1 Å². The molecule has 8 heteroatoms. The maximum absolute atomic E-state index is 13.0. The van der Waals surface area contributed by atoms with Gasteiger partial charge in [-0.05, 0) is 36.4 Å². The predicted octanol–water partition coefficient (Wildman–Crippen LogP) is 3.96. The molecule has 0 aliphatic carbocycles. The molecule has 34 heavy (non-hydrogen) atoms. The highest BCUT2D eigenvalue weighted by Crippen LogP contribution is 2.20. The monoisotopic (exact) mass is 477 g/mol. The lowest BCUT2D eigenvalue weighted by atomic mass is 10.1. The highest BCUT2D eigenvalue weighted by molar-refractivity contribution is 7.12. The van der Waals surface area contributed by atoms with Crippen LogP contribution >= 0.6 is 11.3 Å². The van der Waals surface area contributed by atoms with Gasteiger partial charge >= 0.3 is 0 Å². The molecule has 1 aliphatic rings. The summed E-state index contributed by atoms with van der Waals surface area (Å²) < 4.78 is 0. The Labute approximate surface area is 205 Å². The molecule has 0 spiro atoms. The van der Waals surface area contributed by atoms with Gasteiger partial charge in [0, 0.05) is 38.3 Å². The Hall–Kier alpha value is -3.26. The Balaban J connectivity index is 1.33. The fourth-order valence-corrected chi connectivity index (χ4v) is 4.73. The third-order valence-corrected chi connectivity index (χ3v) is 6.74. The summed E-state index contributed by atoms with van der Waals surface area (Å²) in [4.78, 5) is 32.3. The van der Waals surface area contributed by atoms with Crippen LogP contribution in [-0.2, 0) is 4.79 Å². The van der Waals surface area contributed by atoms with Crippen molar-refractivity contribution in [1.82, 2.24) is 20.0 Å². The van der Waals surface area contributed by atoms with E-state index in [1.54, 1.807) is 4.90 Å². The van der Waals surface area contributed by atoms with Gasteiger partial charge in [0.1, 0.15) is 6.54 Å². The number of carbonyl (C=O) groups excluding carboxylic acids is 2. The van der Waals surface area contributed by atoms with Crippen LogP contribution in [-0.4, -0.2) is 71.1 Å². The van der Waals surface area contributed by atoms with E-state index in [0.717, 1.165) is 17.1 Å². The van der Waals surface area contributed by atoms with Crippen LogP contribution in [0.4, 0.5) is 5.82 Å². The number of nitrogens with zero attached hydrogens (tertiary/aromatic N) is 5. The Kier molecular flexibility index (Phi) is 7.57. The average Bonchev–Trinajstić information content (AvgIpc) is 3.39. The molecule has 1 fully saturated rings. The highest BCUT2D eigenvalue weighted by Gasteiger charge is 2.26. The minimum absolute atomic E-state index is 0.00832. The Bertz CT molecular complexity index is 1090. The summed E-state index contributed by atoms with van der Waals surface area (Å²) in [6.45, 7) is 9.43. The summed E-state index contributed by atoms with van der Waals surface area (Å²) in [6, 6.07) is 15.9. The van der Waals surface area contributed by atoms with Gasteiger partial charge in [-0.15, -0.1) is 21.5 Å². The van der Waals surface area contributed by atoms with Crippen molar-refractivity contribution in [3.63, 3.8) is 0 Å². The van der Waals surface area contributed by atoms with Gasteiger partial charge in [-0.25, -0.2) is 0 Å². The Morgan fingerprint density at radius 2 is 1.74 bits per heavy atom. The number of hydrogen-bond acceptors (Lipinski definition) is 6. The topological polar surface area (TPSA) is 69.6 Å². The van der Waals surface area contributed by atoms with Crippen molar-refractivity contribution in [3.05, 3.63) is 64.4 Å². The van der Waals surface area contributed by atoms with Crippen molar-refractivity contribution >= 4 is 29.0 Å². The van der Waals surface area contributed by atoms with Crippen LogP contribution < -0.4 is 4.90 Å². The van der Waals surface area contributed by atoms with Gasteiger partial charge in [-0.3, -0.25) is 9.59 Å². The largest absolute Gasteiger partial charge is 0.352 e. The second-order valence-electron chi connectivity index (χ2n) is 9.07. The van der Waals surface area contributed by atoms with Crippen LogP contribution in [0.15, 0.2) is 53.9 Å². The summed E-state index contributed by atoms with van der Waals surface area (Å²) in [5.74, 6) is 1.03. The third kappa shape index (κ3) is 5.80. The first kappa shape index (κ1) is 23.9. The number of benzene rings is 1. The predicted molar refractivity (Wildman–Crippen MR) is 136 cm³/mol. The van der Waals surface area contributed by atoms with Crippen molar-refractivity contribution in [2.24, 2.45) is 5.92 Å². The van der Waals surface area contributed by atoms with Crippen molar-refractivity contribution in [2.75, 3.05) is 44.2 Å². The molecule has 2 aromatic heterocycles. The minimum Gasteiger partial charge on any atom is -0.352 e. The SMILES string of the molecule is Cc1ccc(-c2ccc(N3CCN(C(=O)CN(CC(C)C)C(=O)c4cccs4)CC3)nn2)cc1. The zero-order valence-electron chi connectivity index (χ0n) is 20.0. The molecule has 0 atom stereocenters. The van der Waals surface area contributed by atoms with Gasteiger partial charge in [-0.1, -0.05) is 49.7 Å². The number of piperazine rings is 1. The van der Waals surface area contributed by atoms with E-state index >= 15 is 0 Å². The van der Waals surface area contributed by atoms with E-state index in [1.807, 2.05) is 34.5 Å². The molecule has 1 aliphatic heterocycles. The second-order valence-corrected chi connectivity index (χ2v) is 10.0. The van der Waals surface area contributed by atoms with Crippen LogP contribution in [0.5, 0.6) is 0 Å². The molecule has 0 saturated carbocycles. The molecule has 0 radical (unpaired) electrons. The summed E-state index contributed by atoms with van der Waals surface area (Å²) in [5.41, 5.74) is 3.10.